The van der Waals surface area contributed by atoms with Gasteiger partial charge in [0, 0.05) is 17.2 Å². The molecule has 0 aliphatic heterocycles. The molecular weight excluding hydrogens is 322 g/mol. The van der Waals surface area contributed by atoms with Gasteiger partial charge in [-0.05, 0) is 31.2 Å². The van der Waals surface area contributed by atoms with E-state index in [1.165, 1.54) is 18.2 Å². The summed E-state index contributed by atoms with van der Waals surface area (Å²) in [6.07, 6.45) is 1.25. The molecule has 0 fully saturated rings. The van der Waals surface area contributed by atoms with Crippen molar-refractivity contribution in [2.75, 3.05) is 5.32 Å². The van der Waals surface area contributed by atoms with E-state index in [9.17, 15) is 14.9 Å². The normalized spacial score (nSPS) is 10.9. The van der Waals surface area contributed by atoms with Gasteiger partial charge >= 0.3 is 0 Å². The Kier molecular flexibility index (Phi) is 4.79. The lowest BCUT2D eigenvalue weighted by Crippen LogP contribution is -2.14. The van der Waals surface area contributed by atoms with Gasteiger partial charge in [0.1, 0.15) is 28.9 Å². The molecule has 1 N–H and O–H groups in total. The van der Waals surface area contributed by atoms with Crippen molar-refractivity contribution in [1.29, 1.82) is 5.26 Å². The number of carbonyl (C=O) groups is 1. The van der Waals surface area contributed by atoms with Gasteiger partial charge in [0.05, 0.1) is 4.92 Å². The van der Waals surface area contributed by atoms with E-state index >= 15 is 0 Å². The van der Waals surface area contributed by atoms with E-state index in [2.05, 4.69) is 5.32 Å². The molecule has 0 aliphatic carbocycles. The number of halogens is 1. The fourth-order valence-corrected chi connectivity index (χ4v) is 1.94. The predicted octanol–water partition coefficient (Wildman–Crippen LogP) is 3.70. The molecule has 1 amide bonds. The third kappa shape index (κ3) is 3.96. The highest BCUT2D eigenvalue weighted by Crippen LogP contribution is 2.28. The fourth-order valence-electron chi connectivity index (χ4n) is 1.77. The Morgan fingerprint density at radius 2 is 2.17 bits per heavy atom. The van der Waals surface area contributed by atoms with Crippen LogP contribution in [-0.4, -0.2) is 10.8 Å². The van der Waals surface area contributed by atoms with Crippen LogP contribution in [0.5, 0.6) is 0 Å². The molecule has 0 aliphatic rings. The minimum Gasteiger partial charge on any atom is -0.462 e. The number of benzene rings is 1. The first-order chi connectivity index (χ1) is 10.9. The second-order valence-electron chi connectivity index (χ2n) is 4.49. The molecule has 0 atom stereocenters. The lowest BCUT2D eigenvalue weighted by atomic mass is 10.2. The predicted molar refractivity (Wildman–Crippen MR) is 83.8 cm³/mol. The van der Waals surface area contributed by atoms with Gasteiger partial charge in [-0.1, -0.05) is 11.6 Å². The Morgan fingerprint density at radius 1 is 1.43 bits per heavy atom. The standard InChI is InChI=1S/C15H10ClN3O4/c1-9-2-4-12(23-9)6-10(8-17)15(20)18-13-5-3-11(16)7-14(13)19(21)22/h2-7H,1H3,(H,18,20)/b10-6-. The Hall–Kier alpha value is -3.11. The van der Waals surface area contributed by atoms with E-state index in [4.69, 9.17) is 21.3 Å². The number of carbonyl (C=O) groups excluding carboxylic acids is 1. The number of nitrogens with zero attached hydrogens (tertiary/aromatic N) is 2. The highest BCUT2D eigenvalue weighted by Gasteiger charge is 2.18. The third-order valence-electron chi connectivity index (χ3n) is 2.82. The van der Waals surface area contributed by atoms with Crippen molar-refractivity contribution in [3.05, 3.63) is 62.6 Å². The van der Waals surface area contributed by atoms with Crippen LogP contribution in [0.25, 0.3) is 6.08 Å². The molecule has 23 heavy (non-hydrogen) atoms. The quantitative estimate of drug-likeness (QED) is 0.397. The van der Waals surface area contributed by atoms with Crippen LogP contribution >= 0.6 is 11.6 Å². The highest BCUT2D eigenvalue weighted by atomic mass is 35.5. The summed E-state index contributed by atoms with van der Waals surface area (Å²) in [5, 5.41) is 22.6. The molecule has 2 aromatic rings. The number of nitriles is 1. The lowest BCUT2D eigenvalue weighted by molar-refractivity contribution is -0.383. The number of hydrogen-bond acceptors (Lipinski definition) is 5. The molecule has 1 aromatic heterocycles. The van der Waals surface area contributed by atoms with E-state index in [1.54, 1.807) is 25.1 Å². The molecule has 0 unspecified atom stereocenters. The number of nitrogens with one attached hydrogen (secondary N) is 1. The number of hydrogen-bond donors (Lipinski definition) is 1. The second kappa shape index (κ2) is 6.77. The zero-order valence-electron chi connectivity index (χ0n) is 11.9. The van der Waals surface area contributed by atoms with E-state index in [0.717, 1.165) is 6.07 Å². The molecule has 116 valence electrons. The van der Waals surface area contributed by atoms with E-state index in [-0.39, 0.29) is 22.0 Å². The van der Waals surface area contributed by atoms with Crippen LogP contribution in [0.3, 0.4) is 0 Å². The van der Waals surface area contributed by atoms with Crippen molar-refractivity contribution in [1.82, 2.24) is 0 Å². The smallest absolute Gasteiger partial charge is 0.294 e. The van der Waals surface area contributed by atoms with Crippen LogP contribution in [0.1, 0.15) is 11.5 Å². The maximum absolute atomic E-state index is 12.1. The number of anilines is 1. The van der Waals surface area contributed by atoms with Crippen molar-refractivity contribution in [2.45, 2.75) is 6.92 Å². The molecule has 8 heteroatoms. The molecular formula is C15H10ClN3O4. The monoisotopic (exact) mass is 331 g/mol. The summed E-state index contributed by atoms with van der Waals surface area (Å²) in [5.74, 6) is 0.175. The second-order valence-corrected chi connectivity index (χ2v) is 4.93. The Bertz CT molecular complexity index is 849. The molecule has 0 radical (unpaired) electrons. The maximum Gasteiger partial charge on any atom is 0.294 e. The van der Waals surface area contributed by atoms with Crippen molar-refractivity contribution in [3.8, 4) is 6.07 Å². The molecule has 0 bridgehead atoms. The fraction of sp³-hybridized carbons (Fsp3) is 0.0667. The molecule has 1 aromatic carbocycles. The van der Waals surface area contributed by atoms with Gasteiger partial charge in [-0.25, -0.2) is 0 Å². The first-order valence-corrected chi connectivity index (χ1v) is 6.72. The van der Waals surface area contributed by atoms with Gasteiger partial charge in [-0.3, -0.25) is 14.9 Å². The van der Waals surface area contributed by atoms with E-state index in [0.29, 0.717) is 11.5 Å². The van der Waals surface area contributed by atoms with Gasteiger partial charge in [0.25, 0.3) is 11.6 Å². The molecule has 7 nitrogen and oxygen atoms in total. The summed E-state index contributed by atoms with van der Waals surface area (Å²) < 4.78 is 5.26. The van der Waals surface area contributed by atoms with E-state index in [1.807, 2.05) is 0 Å². The summed E-state index contributed by atoms with van der Waals surface area (Å²) in [5.41, 5.74) is -0.665. The van der Waals surface area contributed by atoms with Crippen LogP contribution in [0.4, 0.5) is 11.4 Å². The Labute approximate surface area is 135 Å². The number of aryl methyl sites for hydroxylation is 1. The zero-order chi connectivity index (χ0) is 17.0. The molecule has 2 rings (SSSR count). The summed E-state index contributed by atoms with van der Waals surface area (Å²) >= 11 is 5.70. The zero-order valence-corrected chi connectivity index (χ0v) is 12.6. The summed E-state index contributed by atoms with van der Waals surface area (Å²) in [6, 6.07) is 8.83. The average Bonchev–Trinajstić information content (AvgIpc) is 2.91. The first-order valence-electron chi connectivity index (χ1n) is 6.34. The Morgan fingerprint density at radius 3 is 2.74 bits per heavy atom. The third-order valence-corrected chi connectivity index (χ3v) is 3.05. The molecule has 1 heterocycles. The topological polar surface area (TPSA) is 109 Å². The number of nitro groups is 1. The summed E-state index contributed by atoms with van der Waals surface area (Å²) in [4.78, 5) is 22.4. The van der Waals surface area contributed by atoms with Crippen molar-refractivity contribution >= 4 is 35.0 Å². The number of amides is 1. The molecule has 0 saturated carbocycles. The SMILES string of the molecule is Cc1ccc(/C=C(/C#N)C(=O)Nc2ccc(Cl)cc2[N+](=O)[O-])o1. The largest absolute Gasteiger partial charge is 0.462 e. The lowest BCUT2D eigenvalue weighted by Gasteiger charge is -2.05. The van der Waals surface area contributed by atoms with Gasteiger partial charge in [-0.15, -0.1) is 0 Å². The number of rotatable bonds is 4. The van der Waals surface area contributed by atoms with Crippen LogP contribution in [-0.2, 0) is 4.79 Å². The van der Waals surface area contributed by atoms with Crippen LogP contribution in [0.15, 0.2) is 40.3 Å². The Balaban J connectivity index is 2.29. The van der Waals surface area contributed by atoms with Gasteiger partial charge in [0.2, 0.25) is 0 Å². The van der Waals surface area contributed by atoms with Crippen molar-refractivity contribution in [2.24, 2.45) is 0 Å². The highest BCUT2D eigenvalue weighted by molar-refractivity contribution is 6.31. The van der Waals surface area contributed by atoms with Crippen LogP contribution in [0, 0.1) is 28.4 Å². The summed E-state index contributed by atoms with van der Waals surface area (Å²) in [7, 11) is 0. The van der Waals surface area contributed by atoms with E-state index < -0.39 is 10.8 Å². The average molecular weight is 332 g/mol. The molecule has 0 spiro atoms. The number of furan rings is 1. The maximum atomic E-state index is 12.1. The van der Waals surface area contributed by atoms with Gasteiger partial charge in [-0.2, -0.15) is 5.26 Å². The van der Waals surface area contributed by atoms with Crippen LogP contribution in [0.2, 0.25) is 5.02 Å². The van der Waals surface area contributed by atoms with Crippen molar-refractivity contribution in [3.63, 3.8) is 0 Å². The first kappa shape index (κ1) is 16.3. The minimum absolute atomic E-state index is 0.0545. The van der Waals surface area contributed by atoms with Gasteiger partial charge < -0.3 is 9.73 Å². The number of nitro benzene ring substituents is 1. The van der Waals surface area contributed by atoms with Gasteiger partial charge in [0.15, 0.2) is 0 Å². The minimum atomic E-state index is -0.785. The summed E-state index contributed by atoms with van der Waals surface area (Å²) in [6.45, 7) is 1.72. The molecule has 0 saturated heterocycles. The van der Waals surface area contributed by atoms with Crippen LogP contribution < -0.4 is 5.32 Å². The van der Waals surface area contributed by atoms with Crippen molar-refractivity contribution < 1.29 is 14.1 Å².